The molecule has 0 aliphatic heterocycles. The van der Waals surface area contributed by atoms with Gasteiger partial charge in [0.25, 0.3) is 0 Å². The average Bonchev–Trinajstić information content (AvgIpc) is 3.28. The highest BCUT2D eigenvalue weighted by Gasteiger charge is 2.09. The summed E-state index contributed by atoms with van der Waals surface area (Å²) in [5.74, 6) is 0. The topological polar surface area (TPSA) is 76.8 Å². The fraction of sp³-hybridized carbons (Fsp3) is 0.278. The molecule has 0 fully saturated rings. The van der Waals surface area contributed by atoms with Gasteiger partial charge in [-0.05, 0) is 24.1 Å². The molecule has 7 heteroatoms. The van der Waals surface area contributed by atoms with Crippen molar-refractivity contribution in [2.24, 2.45) is 0 Å². The number of nitrogens with zero attached hydrogens (tertiary/aromatic N) is 4. The molecule has 2 heterocycles. The minimum atomic E-state index is -0.179. The minimum absolute atomic E-state index is 0.00789. The van der Waals surface area contributed by atoms with E-state index in [-0.39, 0.29) is 12.1 Å². The predicted octanol–water partition coefficient (Wildman–Crippen LogP) is 2.02. The van der Waals surface area contributed by atoms with E-state index in [9.17, 15) is 4.79 Å². The fourth-order valence-corrected chi connectivity index (χ4v) is 2.66. The third-order valence-electron chi connectivity index (χ3n) is 3.87. The number of benzene rings is 1. The van der Waals surface area contributed by atoms with E-state index in [0.29, 0.717) is 19.6 Å². The third kappa shape index (κ3) is 4.94. The number of carbonyl (C=O) groups excluding carboxylic acids is 1. The molecule has 0 unspecified atom stereocenters. The first kappa shape index (κ1) is 16.8. The van der Waals surface area contributed by atoms with Gasteiger partial charge in [-0.1, -0.05) is 24.3 Å². The summed E-state index contributed by atoms with van der Waals surface area (Å²) >= 11 is 0. The van der Waals surface area contributed by atoms with Gasteiger partial charge in [-0.15, -0.1) is 0 Å². The number of imidazole rings is 1. The summed E-state index contributed by atoms with van der Waals surface area (Å²) in [6.45, 7) is 3.80. The van der Waals surface area contributed by atoms with Crippen molar-refractivity contribution in [2.75, 3.05) is 0 Å². The molecule has 130 valence electrons. The number of hydrogen-bond acceptors (Lipinski definition) is 3. The van der Waals surface area contributed by atoms with Crippen LogP contribution in [0.15, 0.2) is 61.4 Å². The van der Waals surface area contributed by atoms with Gasteiger partial charge < -0.3 is 15.2 Å². The number of aromatic nitrogens is 4. The predicted molar refractivity (Wildman–Crippen MR) is 94.8 cm³/mol. The Balaban J connectivity index is 1.51. The SMILES string of the molecule is C[C@@H](Cn1ccnc1)NC(=O)NCc1ccccc1Cn1cccn1. The van der Waals surface area contributed by atoms with E-state index in [1.54, 1.807) is 18.7 Å². The van der Waals surface area contributed by atoms with Crippen molar-refractivity contribution in [3.8, 4) is 0 Å². The van der Waals surface area contributed by atoms with Crippen molar-refractivity contribution in [3.63, 3.8) is 0 Å². The van der Waals surface area contributed by atoms with Gasteiger partial charge in [-0.3, -0.25) is 4.68 Å². The first-order chi connectivity index (χ1) is 12.2. The molecule has 3 aromatic rings. The quantitative estimate of drug-likeness (QED) is 0.692. The summed E-state index contributed by atoms with van der Waals surface area (Å²) in [4.78, 5) is 16.1. The van der Waals surface area contributed by atoms with Gasteiger partial charge in [0.1, 0.15) is 0 Å². The summed E-state index contributed by atoms with van der Waals surface area (Å²) in [5, 5.41) is 10.1. The van der Waals surface area contributed by atoms with Crippen molar-refractivity contribution in [3.05, 3.63) is 72.6 Å². The molecular formula is C18H22N6O. The van der Waals surface area contributed by atoms with Crippen molar-refractivity contribution >= 4 is 6.03 Å². The molecule has 2 N–H and O–H groups in total. The van der Waals surface area contributed by atoms with Crippen molar-refractivity contribution in [1.29, 1.82) is 0 Å². The van der Waals surface area contributed by atoms with E-state index >= 15 is 0 Å². The molecule has 0 saturated carbocycles. The van der Waals surface area contributed by atoms with Crippen molar-refractivity contribution in [1.82, 2.24) is 30.0 Å². The van der Waals surface area contributed by atoms with Crippen LogP contribution in [-0.2, 0) is 19.6 Å². The molecule has 0 saturated heterocycles. The monoisotopic (exact) mass is 338 g/mol. The van der Waals surface area contributed by atoms with Gasteiger partial charge in [0.2, 0.25) is 0 Å². The van der Waals surface area contributed by atoms with Crippen LogP contribution in [0.2, 0.25) is 0 Å². The zero-order valence-corrected chi connectivity index (χ0v) is 14.2. The average molecular weight is 338 g/mol. The fourth-order valence-electron chi connectivity index (χ4n) is 2.66. The number of rotatable bonds is 7. The zero-order valence-electron chi connectivity index (χ0n) is 14.2. The smallest absolute Gasteiger partial charge is 0.315 e. The van der Waals surface area contributed by atoms with Crippen LogP contribution in [0.3, 0.4) is 0 Å². The van der Waals surface area contributed by atoms with Crippen LogP contribution in [0, 0.1) is 0 Å². The second-order valence-corrected chi connectivity index (χ2v) is 5.96. The normalized spacial score (nSPS) is 11.9. The van der Waals surface area contributed by atoms with Crippen LogP contribution in [0.5, 0.6) is 0 Å². The summed E-state index contributed by atoms with van der Waals surface area (Å²) < 4.78 is 3.80. The maximum atomic E-state index is 12.1. The van der Waals surface area contributed by atoms with Crippen LogP contribution in [0.25, 0.3) is 0 Å². The van der Waals surface area contributed by atoms with E-state index in [1.807, 2.05) is 52.8 Å². The van der Waals surface area contributed by atoms with Crippen LogP contribution in [0.1, 0.15) is 18.1 Å². The summed E-state index contributed by atoms with van der Waals surface area (Å²) in [6, 6.07) is 9.77. The highest BCUT2D eigenvalue weighted by atomic mass is 16.2. The maximum Gasteiger partial charge on any atom is 0.315 e. The van der Waals surface area contributed by atoms with E-state index < -0.39 is 0 Å². The minimum Gasteiger partial charge on any atom is -0.335 e. The second kappa shape index (κ2) is 8.14. The Morgan fingerprint density at radius 3 is 2.72 bits per heavy atom. The van der Waals surface area contributed by atoms with E-state index in [2.05, 4.69) is 26.8 Å². The molecule has 25 heavy (non-hydrogen) atoms. The van der Waals surface area contributed by atoms with Crippen LogP contribution >= 0.6 is 0 Å². The second-order valence-electron chi connectivity index (χ2n) is 5.96. The maximum absolute atomic E-state index is 12.1. The molecule has 2 amide bonds. The highest BCUT2D eigenvalue weighted by Crippen LogP contribution is 2.10. The first-order valence-corrected chi connectivity index (χ1v) is 8.25. The van der Waals surface area contributed by atoms with Crippen LogP contribution < -0.4 is 10.6 Å². The molecular weight excluding hydrogens is 316 g/mol. The highest BCUT2D eigenvalue weighted by molar-refractivity contribution is 5.74. The standard InChI is InChI=1S/C18H22N6O/c1-15(12-23-10-8-19-14-23)22-18(25)20-11-16-5-2-3-6-17(16)13-24-9-4-7-21-24/h2-10,14-15H,11-13H2,1H3,(H2,20,22,25)/t15-/m0/s1. The summed E-state index contributed by atoms with van der Waals surface area (Å²) in [5.41, 5.74) is 2.22. The lowest BCUT2D eigenvalue weighted by atomic mass is 10.1. The molecule has 2 aromatic heterocycles. The van der Waals surface area contributed by atoms with Crippen molar-refractivity contribution < 1.29 is 4.79 Å². The molecule has 3 rings (SSSR count). The van der Waals surface area contributed by atoms with Gasteiger partial charge in [0.15, 0.2) is 0 Å². The van der Waals surface area contributed by atoms with Crippen LogP contribution in [-0.4, -0.2) is 31.4 Å². The number of nitrogens with one attached hydrogen (secondary N) is 2. The Kier molecular flexibility index (Phi) is 5.46. The molecule has 0 aliphatic carbocycles. The Labute approximate surface area is 146 Å². The molecule has 0 aliphatic rings. The largest absolute Gasteiger partial charge is 0.335 e. The first-order valence-electron chi connectivity index (χ1n) is 8.25. The molecule has 7 nitrogen and oxygen atoms in total. The lowest BCUT2D eigenvalue weighted by Crippen LogP contribution is -2.42. The third-order valence-corrected chi connectivity index (χ3v) is 3.87. The molecule has 0 spiro atoms. The van der Waals surface area contributed by atoms with Gasteiger partial charge in [0.05, 0.1) is 12.9 Å². The van der Waals surface area contributed by atoms with Gasteiger partial charge >= 0.3 is 6.03 Å². The molecule has 0 bridgehead atoms. The zero-order chi connectivity index (χ0) is 17.5. The molecule has 0 radical (unpaired) electrons. The number of carbonyl (C=O) groups is 1. The van der Waals surface area contributed by atoms with Gasteiger partial charge in [0, 0.05) is 43.9 Å². The number of hydrogen-bond donors (Lipinski definition) is 2. The Morgan fingerprint density at radius 2 is 2.00 bits per heavy atom. The van der Waals surface area contributed by atoms with Crippen LogP contribution in [0.4, 0.5) is 4.79 Å². The molecule has 1 atom stereocenters. The number of urea groups is 1. The summed E-state index contributed by atoms with van der Waals surface area (Å²) in [6.07, 6.45) is 9.03. The Hall–Kier alpha value is -3.09. The Morgan fingerprint density at radius 1 is 1.16 bits per heavy atom. The van der Waals surface area contributed by atoms with E-state index in [1.165, 1.54) is 0 Å². The van der Waals surface area contributed by atoms with Gasteiger partial charge in [-0.2, -0.15) is 5.10 Å². The lowest BCUT2D eigenvalue weighted by Gasteiger charge is -2.16. The Bertz CT molecular complexity index is 782. The summed E-state index contributed by atoms with van der Waals surface area (Å²) in [7, 11) is 0. The lowest BCUT2D eigenvalue weighted by molar-refractivity contribution is 0.236. The number of amides is 2. The molecule has 1 aromatic carbocycles. The van der Waals surface area contributed by atoms with Gasteiger partial charge in [-0.25, -0.2) is 9.78 Å². The van der Waals surface area contributed by atoms with E-state index in [4.69, 9.17) is 0 Å². The van der Waals surface area contributed by atoms with E-state index in [0.717, 1.165) is 11.1 Å². The van der Waals surface area contributed by atoms with Crippen molar-refractivity contribution in [2.45, 2.75) is 32.6 Å².